The van der Waals surface area contributed by atoms with Gasteiger partial charge in [0.1, 0.15) is 0 Å². The summed E-state index contributed by atoms with van der Waals surface area (Å²) in [4.78, 5) is 14.9. The number of aliphatic hydroxyl groups is 1. The Balaban J connectivity index is 2.26. The zero-order chi connectivity index (χ0) is 12.9. The average molecular weight is 254 g/mol. The minimum Gasteiger partial charge on any atom is -0.395 e. The molecule has 1 heterocycles. The highest BCUT2D eigenvalue weighted by molar-refractivity contribution is 5.76. The second kappa shape index (κ2) is 6.20. The predicted octanol–water partition coefficient (Wildman–Crippen LogP) is 0.465. The molecule has 0 radical (unpaired) electrons. The summed E-state index contributed by atoms with van der Waals surface area (Å²) in [5.74, 6) is -0.439. The first kappa shape index (κ1) is 14.2. The van der Waals surface area contributed by atoms with E-state index in [0.29, 0.717) is 32.7 Å². The highest BCUT2D eigenvalue weighted by Crippen LogP contribution is 2.22. The van der Waals surface area contributed by atoms with Crippen molar-refractivity contribution in [2.24, 2.45) is 0 Å². The maximum Gasteiger partial charge on any atom is 0.389 e. The van der Waals surface area contributed by atoms with E-state index >= 15 is 0 Å². The van der Waals surface area contributed by atoms with Gasteiger partial charge in [0, 0.05) is 39.1 Å². The Labute approximate surface area is 98.0 Å². The molecule has 4 nitrogen and oxygen atoms in total. The van der Waals surface area contributed by atoms with Crippen LogP contribution < -0.4 is 0 Å². The second-order valence-corrected chi connectivity index (χ2v) is 4.06. The lowest BCUT2D eigenvalue weighted by Crippen LogP contribution is -2.49. The topological polar surface area (TPSA) is 43.8 Å². The normalized spacial score (nSPS) is 18.5. The van der Waals surface area contributed by atoms with Gasteiger partial charge in [0.25, 0.3) is 0 Å². The molecule has 0 atom stereocenters. The van der Waals surface area contributed by atoms with E-state index in [9.17, 15) is 18.0 Å². The van der Waals surface area contributed by atoms with Crippen LogP contribution in [0, 0.1) is 0 Å². The number of carbonyl (C=O) groups is 1. The lowest BCUT2D eigenvalue weighted by Gasteiger charge is -2.34. The fourth-order valence-corrected chi connectivity index (χ4v) is 1.77. The van der Waals surface area contributed by atoms with Crippen molar-refractivity contribution >= 4 is 5.91 Å². The number of amides is 1. The van der Waals surface area contributed by atoms with Gasteiger partial charge in [0.15, 0.2) is 0 Å². The number of aliphatic hydroxyl groups excluding tert-OH is 1. The highest BCUT2D eigenvalue weighted by atomic mass is 19.4. The van der Waals surface area contributed by atoms with Crippen LogP contribution in [-0.4, -0.2) is 66.3 Å². The van der Waals surface area contributed by atoms with Gasteiger partial charge in [-0.3, -0.25) is 9.69 Å². The molecule has 1 amide bonds. The molecule has 17 heavy (non-hydrogen) atoms. The zero-order valence-electron chi connectivity index (χ0n) is 9.54. The van der Waals surface area contributed by atoms with Crippen molar-refractivity contribution in [1.29, 1.82) is 0 Å². The molecule has 1 N–H and O–H groups in total. The first-order chi connectivity index (χ1) is 7.92. The Bertz CT molecular complexity index is 250. The third-order valence-electron chi connectivity index (χ3n) is 2.76. The van der Waals surface area contributed by atoms with E-state index in [0.717, 1.165) is 0 Å². The van der Waals surface area contributed by atoms with E-state index in [1.165, 1.54) is 4.90 Å². The first-order valence-corrected chi connectivity index (χ1v) is 5.60. The summed E-state index contributed by atoms with van der Waals surface area (Å²) in [7, 11) is 0. The summed E-state index contributed by atoms with van der Waals surface area (Å²) in [6.07, 6.45) is -5.79. The van der Waals surface area contributed by atoms with Gasteiger partial charge in [-0.2, -0.15) is 13.2 Å². The molecule has 0 bridgehead atoms. The van der Waals surface area contributed by atoms with Crippen LogP contribution in [0.4, 0.5) is 13.2 Å². The van der Waals surface area contributed by atoms with Crippen LogP contribution in [0.25, 0.3) is 0 Å². The molecule has 0 saturated carbocycles. The number of nitrogens with zero attached hydrogens (tertiary/aromatic N) is 2. The van der Waals surface area contributed by atoms with Crippen LogP contribution in [0.1, 0.15) is 12.8 Å². The van der Waals surface area contributed by atoms with Gasteiger partial charge in [-0.05, 0) is 0 Å². The Hall–Kier alpha value is -0.820. The van der Waals surface area contributed by atoms with E-state index in [2.05, 4.69) is 0 Å². The molecule has 1 aliphatic heterocycles. The number of carbonyl (C=O) groups excluding carboxylic acids is 1. The van der Waals surface area contributed by atoms with Crippen molar-refractivity contribution in [2.45, 2.75) is 19.0 Å². The molecule has 1 fully saturated rings. The van der Waals surface area contributed by atoms with Gasteiger partial charge in [0.05, 0.1) is 13.0 Å². The van der Waals surface area contributed by atoms with Gasteiger partial charge in [0.2, 0.25) is 5.91 Å². The molecule has 1 aliphatic rings. The average Bonchev–Trinajstić information content (AvgIpc) is 2.26. The number of halogens is 3. The molecule has 0 aromatic rings. The monoisotopic (exact) mass is 254 g/mol. The minimum absolute atomic E-state index is 0.0576. The standard InChI is InChI=1S/C10H17F3N2O2/c11-10(12,13)2-1-9(17)15-5-3-14(4-6-15)7-8-16/h16H,1-8H2. The fraction of sp³-hybridized carbons (Fsp3) is 0.900. The maximum atomic E-state index is 11.9. The van der Waals surface area contributed by atoms with Crippen molar-refractivity contribution in [3.05, 3.63) is 0 Å². The molecule has 100 valence electrons. The van der Waals surface area contributed by atoms with Gasteiger partial charge in [-0.15, -0.1) is 0 Å². The van der Waals surface area contributed by atoms with Crippen LogP contribution in [-0.2, 0) is 4.79 Å². The van der Waals surface area contributed by atoms with E-state index < -0.39 is 24.9 Å². The van der Waals surface area contributed by atoms with E-state index in [1.54, 1.807) is 0 Å². The zero-order valence-corrected chi connectivity index (χ0v) is 9.54. The molecule has 0 aromatic carbocycles. The molecule has 0 aliphatic carbocycles. The first-order valence-electron chi connectivity index (χ1n) is 5.60. The maximum absolute atomic E-state index is 11.9. The van der Waals surface area contributed by atoms with Gasteiger partial charge in [-0.1, -0.05) is 0 Å². The van der Waals surface area contributed by atoms with Crippen LogP contribution in [0.3, 0.4) is 0 Å². The number of hydrogen-bond donors (Lipinski definition) is 1. The molecular formula is C10H17F3N2O2. The molecule has 0 aromatic heterocycles. The summed E-state index contributed by atoms with van der Waals surface area (Å²) in [5, 5.41) is 8.72. The molecule has 0 spiro atoms. The SMILES string of the molecule is O=C(CCC(F)(F)F)N1CCN(CCO)CC1. The fourth-order valence-electron chi connectivity index (χ4n) is 1.77. The Morgan fingerprint density at radius 2 is 1.76 bits per heavy atom. The number of alkyl halides is 3. The second-order valence-electron chi connectivity index (χ2n) is 4.06. The van der Waals surface area contributed by atoms with Crippen LogP contribution >= 0.6 is 0 Å². The highest BCUT2D eigenvalue weighted by Gasteiger charge is 2.29. The van der Waals surface area contributed by atoms with Crippen molar-refractivity contribution in [1.82, 2.24) is 9.80 Å². The van der Waals surface area contributed by atoms with Crippen molar-refractivity contribution in [2.75, 3.05) is 39.3 Å². The van der Waals surface area contributed by atoms with Gasteiger partial charge >= 0.3 is 6.18 Å². The van der Waals surface area contributed by atoms with Crippen LogP contribution in [0.2, 0.25) is 0 Å². The van der Waals surface area contributed by atoms with E-state index in [1.807, 2.05) is 4.90 Å². The third-order valence-corrected chi connectivity index (χ3v) is 2.76. The lowest BCUT2D eigenvalue weighted by atomic mass is 10.2. The minimum atomic E-state index is -4.27. The predicted molar refractivity (Wildman–Crippen MR) is 55.4 cm³/mol. The Morgan fingerprint density at radius 1 is 1.18 bits per heavy atom. The summed E-state index contributed by atoms with van der Waals surface area (Å²) < 4.78 is 35.8. The number of β-amino-alcohol motifs (C(OH)–C–C–N with tert-alkyl or cyclic N) is 1. The smallest absolute Gasteiger partial charge is 0.389 e. The number of hydrogen-bond acceptors (Lipinski definition) is 3. The van der Waals surface area contributed by atoms with E-state index in [4.69, 9.17) is 5.11 Å². The summed E-state index contributed by atoms with van der Waals surface area (Å²) >= 11 is 0. The van der Waals surface area contributed by atoms with Crippen molar-refractivity contribution < 1.29 is 23.1 Å². The Kier molecular flexibility index (Phi) is 5.20. The largest absolute Gasteiger partial charge is 0.395 e. The van der Waals surface area contributed by atoms with Crippen molar-refractivity contribution in [3.63, 3.8) is 0 Å². The molecule has 1 saturated heterocycles. The summed E-state index contributed by atoms with van der Waals surface area (Å²) in [6, 6.07) is 0. The van der Waals surface area contributed by atoms with Gasteiger partial charge < -0.3 is 10.0 Å². The lowest BCUT2D eigenvalue weighted by molar-refractivity contribution is -0.150. The summed E-state index contributed by atoms with van der Waals surface area (Å²) in [5.41, 5.74) is 0. The van der Waals surface area contributed by atoms with Crippen LogP contribution in [0.15, 0.2) is 0 Å². The molecular weight excluding hydrogens is 237 g/mol. The third kappa shape index (κ3) is 5.36. The van der Waals surface area contributed by atoms with Crippen molar-refractivity contribution in [3.8, 4) is 0 Å². The summed E-state index contributed by atoms with van der Waals surface area (Å²) in [6.45, 7) is 2.70. The van der Waals surface area contributed by atoms with Crippen LogP contribution in [0.5, 0.6) is 0 Å². The number of piperazine rings is 1. The Morgan fingerprint density at radius 3 is 2.24 bits per heavy atom. The number of rotatable bonds is 4. The molecule has 7 heteroatoms. The quantitative estimate of drug-likeness (QED) is 0.793. The molecule has 0 unspecified atom stereocenters. The van der Waals surface area contributed by atoms with Gasteiger partial charge in [-0.25, -0.2) is 0 Å². The molecule has 1 rings (SSSR count). The van der Waals surface area contributed by atoms with E-state index in [-0.39, 0.29) is 6.61 Å².